The molecule has 0 saturated carbocycles. The van der Waals surface area contributed by atoms with E-state index in [0.29, 0.717) is 36.3 Å². The molecule has 0 unspecified atom stereocenters. The van der Waals surface area contributed by atoms with Gasteiger partial charge in [0, 0.05) is 44.1 Å². The first kappa shape index (κ1) is 15.8. The number of aromatic nitrogens is 4. The van der Waals surface area contributed by atoms with Crippen LogP contribution < -0.4 is 4.90 Å². The fraction of sp³-hybridized carbons (Fsp3) is 0.444. The van der Waals surface area contributed by atoms with Crippen LogP contribution in [-0.4, -0.2) is 33.4 Å². The monoisotopic (exact) mass is 339 g/mol. The standard InChI is InChI=1S/C18H21N5O2/c1-13-20-21-17(24-13)10-9-16-19-18(22-25-16)14-5-7-15(8-6-14)23-11-3-2-4-12-23/h5-8H,2-4,9-12H2,1H3. The SMILES string of the molecule is Cc1nnc(CCc2nc(-c3ccc(N4CCCCC4)cc3)no2)o1. The van der Waals surface area contributed by atoms with E-state index in [1.807, 2.05) is 0 Å². The second-order valence-electron chi connectivity index (χ2n) is 6.32. The zero-order chi connectivity index (χ0) is 17.1. The van der Waals surface area contributed by atoms with Gasteiger partial charge in [-0.05, 0) is 43.5 Å². The van der Waals surface area contributed by atoms with Gasteiger partial charge in [0.25, 0.3) is 0 Å². The zero-order valence-corrected chi connectivity index (χ0v) is 14.3. The van der Waals surface area contributed by atoms with Crippen molar-refractivity contribution >= 4 is 5.69 Å². The van der Waals surface area contributed by atoms with Gasteiger partial charge in [-0.3, -0.25) is 0 Å². The molecule has 4 rings (SSSR count). The van der Waals surface area contributed by atoms with Crippen LogP contribution in [0.1, 0.15) is 36.9 Å². The molecule has 0 bridgehead atoms. The van der Waals surface area contributed by atoms with E-state index >= 15 is 0 Å². The average Bonchev–Trinajstić information content (AvgIpc) is 3.30. The molecule has 25 heavy (non-hydrogen) atoms. The van der Waals surface area contributed by atoms with E-state index in [0.717, 1.165) is 18.7 Å². The lowest BCUT2D eigenvalue weighted by Crippen LogP contribution is -2.29. The topological polar surface area (TPSA) is 81.1 Å². The van der Waals surface area contributed by atoms with Crippen molar-refractivity contribution in [1.29, 1.82) is 0 Å². The summed E-state index contributed by atoms with van der Waals surface area (Å²) in [6, 6.07) is 8.38. The minimum Gasteiger partial charge on any atom is -0.426 e. The molecule has 130 valence electrons. The lowest BCUT2D eigenvalue weighted by atomic mass is 10.1. The lowest BCUT2D eigenvalue weighted by molar-refractivity contribution is 0.371. The van der Waals surface area contributed by atoms with Crippen LogP contribution in [0.5, 0.6) is 0 Å². The van der Waals surface area contributed by atoms with Crippen molar-refractivity contribution < 1.29 is 8.94 Å². The maximum Gasteiger partial charge on any atom is 0.227 e. The molecule has 0 amide bonds. The number of anilines is 1. The Morgan fingerprint density at radius 3 is 2.44 bits per heavy atom. The van der Waals surface area contributed by atoms with Gasteiger partial charge in [0.1, 0.15) is 0 Å². The molecule has 1 fully saturated rings. The number of hydrogen-bond acceptors (Lipinski definition) is 7. The number of hydrogen-bond donors (Lipinski definition) is 0. The normalized spacial score (nSPS) is 14.8. The Balaban J connectivity index is 1.40. The molecule has 3 heterocycles. The summed E-state index contributed by atoms with van der Waals surface area (Å²) >= 11 is 0. The van der Waals surface area contributed by atoms with Crippen LogP contribution in [0.25, 0.3) is 11.4 Å². The molecule has 0 radical (unpaired) electrons. The summed E-state index contributed by atoms with van der Waals surface area (Å²) in [5.74, 6) is 2.34. The number of piperidine rings is 1. The highest BCUT2D eigenvalue weighted by Crippen LogP contribution is 2.24. The number of nitrogens with zero attached hydrogens (tertiary/aromatic N) is 5. The zero-order valence-electron chi connectivity index (χ0n) is 14.3. The van der Waals surface area contributed by atoms with Gasteiger partial charge in [0.15, 0.2) is 0 Å². The average molecular weight is 339 g/mol. The van der Waals surface area contributed by atoms with E-state index in [2.05, 4.69) is 49.5 Å². The summed E-state index contributed by atoms with van der Waals surface area (Å²) < 4.78 is 10.7. The van der Waals surface area contributed by atoms with Crippen molar-refractivity contribution in [3.8, 4) is 11.4 Å². The number of aryl methyl sites for hydroxylation is 3. The second-order valence-corrected chi connectivity index (χ2v) is 6.32. The first-order valence-electron chi connectivity index (χ1n) is 8.75. The van der Waals surface area contributed by atoms with Crippen LogP contribution in [0.4, 0.5) is 5.69 Å². The van der Waals surface area contributed by atoms with Crippen molar-refractivity contribution in [3.05, 3.63) is 41.9 Å². The molecule has 0 spiro atoms. The van der Waals surface area contributed by atoms with Crippen LogP contribution in [0.15, 0.2) is 33.2 Å². The summed E-state index contributed by atoms with van der Waals surface area (Å²) in [5.41, 5.74) is 2.23. The highest BCUT2D eigenvalue weighted by molar-refractivity contribution is 5.60. The number of rotatable bonds is 5. The van der Waals surface area contributed by atoms with Crippen LogP contribution in [-0.2, 0) is 12.8 Å². The van der Waals surface area contributed by atoms with E-state index in [9.17, 15) is 0 Å². The summed E-state index contributed by atoms with van der Waals surface area (Å²) in [5, 5.41) is 11.9. The lowest BCUT2D eigenvalue weighted by Gasteiger charge is -2.28. The first-order valence-corrected chi connectivity index (χ1v) is 8.75. The van der Waals surface area contributed by atoms with E-state index in [1.54, 1.807) is 6.92 Å². The minimum absolute atomic E-state index is 0.565. The fourth-order valence-electron chi connectivity index (χ4n) is 3.10. The van der Waals surface area contributed by atoms with Crippen LogP contribution in [0.2, 0.25) is 0 Å². The Morgan fingerprint density at radius 2 is 1.72 bits per heavy atom. The molecule has 1 saturated heterocycles. The van der Waals surface area contributed by atoms with Crippen molar-refractivity contribution in [2.45, 2.75) is 39.0 Å². The first-order chi connectivity index (χ1) is 12.3. The molecule has 1 aliphatic heterocycles. The molecule has 1 aromatic carbocycles. The van der Waals surface area contributed by atoms with Gasteiger partial charge >= 0.3 is 0 Å². The minimum atomic E-state index is 0.565. The third-order valence-electron chi connectivity index (χ3n) is 4.44. The Labute approximate surface area is 146 Å². The van der Waals surface area contributed by atoms with E-state index < -0.39 is 0 Å². The largest absolute Gasteiger partial charge is 0.426 e. The van der Waals surface area contributed by atoms with Crippen molar-refractivity contribution in [2.24, 2.45) is 0 Å². The van der Waals surface area contributed by atoms with E-state index in [4.69, 9.17) is 8.94 Å². The summed E-state index contributed by atoms with van der Waals surface area (Å²) in [6.07, 6.45) is 5.06. The van der Waals surface area contributed by atoms with Gasteiger partial charge < -0.3 is 13.8 Å². The number of benzene rings is 1. The van der Waals surface area contributed by atoms with Crippen LogP contribution >= 0.6 is 0 Å². The summed E-state index contributed by atoms with van der Waals surface area (Å²) in [6.45, 7) is 4.05. The highest BCUT2D eigenvalue weighted by atomic mass is 16.5. The van der Waals surface area contributed by atoms with Crippen molar-refractivity contribution in [1.82, 2.24) is 20.3 Å². The molecule has 0 aliphatic carbocycles. The second kappa shape index (κ2) is 7.04. The Kier molecular flexibility index (Phi) is 4.45. The maximum absolute atomic E-state index is 5.35. The molecular formula is C18H21N5O2. The predicted molar refractivity (Wildman–Crippen MR) is 92.2 cm³/mol. The van der Waals surface area contributed by atoms with Crippen LogP contribution in [0.3, 0.4) is 0 Å². The third-order valence-corrected chi connectivity index (χ3v) is 4.44. The molecule has 2 aromatic heterocycles. The summed E-state index contributed by atoms with van der Waals surface area (Å²) in [4.78, 5) is 6.90. The van der Waals surface area contributed by atoms with Gasteiger partial charge in [0.05, 0.1) is 0 Å². The van der Waals surface area contributed by atoms with Gasteiger partial charge in [-0.2, -0.15) is 4.98 Å². The highest BCUT2D eigenvalue weighted by Gasteiger charge is 2.13. The third kappa shape index (κ3) is 3.70. The molecular weight excluding hydrogens is 318 g/mol. The van der Waals surface area contributed by atoms with E-state index in [-0.39, 0.29) is 0 Å². The maximum atomic E-state index is 5.35. The fourth-order valence-corrected chi connectivity index (χ4v) is 3.10. The van der Waals surface area contributed by atoms with Crippen molar-refractivity contribution in [2.75, 3.05) is 18.0 Å². The molecule has 1 aliphatic rings. The van der Waals surface area contributed by atoms with Gasteiger partial charge in [0.2, 0.25) is 23.5 Å². The smallest absolute Gasteiger partial charge is 0.227 e. The molecule has 0 atom stereocenters. The quantitative estimate of drug-likeness (QED) is 0.706. The van der Waals surface area contributed by atoms with Gasteiger partial charge in [-0.15, -0.1) is 10.2 Å². The molecule has 0 N–H and O–H groups in total. The summed E-state index contributed by atoms with van der Waals surface area (Å²) in [7, 11) is 0. The van der Waals surface area contributed by atoms with Gasteiger partial charge in [-0.25, -0.2) is 0 Å². The van der Waals surface area contributed by atoms with Gasteiger partial charge in [-0.1, -0.05) is 5.16 Å². The van der Waals surface area contributed by atoms with Crippen LogP contribution in [0, 0.1) is 6.92 Å². The molecule has 3 aromatic rings. The Morgan fingerprint density at radius 1 is 0.960 bits per heavy atom. The molecule has 7 nitrogen and oxygen atoms in total. The van der Waals surface area contributed by atoms with Crippen molar-refractivity contribution in [3.63, 3.8) is 0 Å². The van der Waals surface area contributed by atoms with E-state index in [1.165, 1.54) is 24.9 Å². The Bertz CT molecular complexity index is 818. The molecule has 7 heteroatoms. The predicted octanol–water partition coefficient (Wildman–Crippen LogP) is 3.20. The Hall–Kier alpha value is -2.70.